The van der Waals surface area contributed by atoms with E-state index in [1.54, 1.807) is 6.33 Å². The highest BCUT2D eigenvalue weighted by Crippen LogP contribution is 2.41. The van der Waals surface area contributed by atoms with Crippen molar-refractivity contribution in [2.24, 2.45) is 0 Å². The minimum atomic E-state index is 0.0463. The Labute approximate surface area is 171 Å². The van der Waals surface area contributed by atoms with Crippen LogP contribution in [-0.4, -0.2) is 61.2 Å². The molecule has 0 bridgehead atoms. The first-order valence-electron chi connectivity index (χ1n) is 10.1. The van der Waals surface area contributed by atoms with Gasteiger partial charge in [0, 0.05) is 37.1 Å². The van der Waals surface area contributed by atoms with Crippen LogP contribution in [0.3, 0.4) is 0 Å². The van der Waals surface area contributed by atoms with Crippen LogP contribution in [0, 0.1) is 0 Å². The van der Waals surface area contributed by atoms with Gasteiger partial charge in [0.15, 0.2) is 0 Å². The monoisotopic (exact) mass is 426 g/mol. The fourth-order valence-corrected chi connectivity index (χ4v) is 4.83. The first-order valence-corrected chi connectivity index (χ1v) is 11.1. The molecular weight excluding hydrogens is 394 g/mol. The Hall–Kier alpha value is -0.680. The molecular formula is C19H32N4O3P2. The molecule has 1 saturated heterocycles. The molecule has 0 radical (unpaired) electrons. The van der Waals surface area contributed by atoms with Gasteiger partial charge in [-0.3, -0.25) is 4.67 Å². The first kappa shape index (κ1) is 22.0. The molecule has 3 heterocycles. The number of aliphatic hydroxyl groups is 2. The Bertz CT molecular complexity index is 739. The average molecular weight is 426 g/mol. The summed E-state index contributed by atoms with van der Waals surface area (Å²) in [5.74, 6) is 0. The predicted octanol–water partition coefficient (Wildman–Crippen LogP) is 2.69. The van der Waals surface area contributed by atoms with Crippen LogP contribution in [0.1, 0.15) is 56.6 Å². The second-order valence-electron chi connectivity index (χ2n) is 7.53. The summed E-state index contributed by atoms with van der Waals surface area (Å²) < 4.78 is 9.97. The molecule has 156 valence electrons. The van der Waals surface area contributed by atoms with Crippen molar-refractivity contribution in [2.75, 3.05) is 19.8 Å². The van der Waals surface area contributed by atoms with Gasteiger partial charge in [0.05, 0.1) is 29.9 Å². The fourth-order valence-electron chi connectivity index (χ4n) is 3.94. The zero-order valence-corrected chi connectivity index (χ0v) is 18.6. The molecule has 2 aromatic rings. The highest BCUT2D eigenvalue weighted by molar-refractivity contribution is 7.15. The molecule has 1 saturated carbocycles. The van der Waals surface area contributed by atoms with Crippen LogP contribution in [0.2, 0.25) is 0 Å². The van der Waals surface area contributed by atoms with Gasteiger partial charge < -0.3 is 19.3 Å². The Morgan fingerprint density at radius 2 is 1.96 bits per heavy atom. The van der Waals surface area contributed by atoms with Crippen LogP contribution in [-0.2, 0) is 4.74 Å². The number of rotatable bonds is 6. The predicted molar refractivity (Wildman–Crippen MR) is 117 cm³/mol. The highest BCUT2D eigenvalue weighted by atomic mass is 31.0. The Morgan fingerprint density at radius 3 is 2.64 bits per heavy atom. The van der Waals surface area contributed by atoms with E-state index in [0.29, 0.717) is 31.7 Å². The fraction of sp³-hybridized carbons (Fsp3) is 0.684. The quantitative estimate of drug-likeness (QED) is 0.546. The number of ether oxygens (including phenoxy) is 1. The summed E-state index contributed by atoms with van der Waals surface area (Å²) in [5.41, 5.74) is 3.29. The lowest BCUT2D eigenvalue weighted by atomic mass is 10.1. The molecule has 2 fully saturated rings. The first-order chi connectivity index (χ1) is 13.6. The summed E-state index contributed by atoms with van der Waals surface area (Å²) in [5, 5.41) is 17.5. The third-order valence-corrected chi connectivity index (χ3v) is 6.73. The van der Waals surface area contributed by atoms with Crippen LogP contribution < -0.4 is 0 Å². The Kier molecular flexibility index (Phi) is 8.58. The molecule has 9 heteroatoms. The summed E-state index contributed by atoms with van der Waals surface area (Å²) in [6.07, 6.45) is 13.1. The molecule has 4 atom stereocenters. The summed E-state index contributed by atoms with van der Waals surface area (Å²) in [6, 6.07) is 0.717. The number of aromatic nitrogens is 3. The van der Waals surface area contributed by atoms with Gasteiger partial charge in [-0.05, 0) is 41.5 Å². The zero-order valence-electron chi connectivity index (χ0n) is 16.3. The lowest BCUT2D eigenvalue weighted by molar-refractivity contribution is 0.0849. The maximum absolute atomic E-state index is 8.79. The van der Waals surface area contributed by atoms with Crippen LogP contribution in [0.15, 0.2) is 18.7 Å². The van der Waals surface area contributed by atoms with E-state index in [1.807, 2.05) is 10.5 Å². The average Bonchev–Trinajstić information content (AvgIpc) is 3.40. The molecule has 0 aromatic carbocycles. The maximum atomic E-state index is 8.79. The van der Waals surface area contributed by atoms with Crippen molar-refractivity contribution >= 4 is 29.8 Å². The molecule has 28 heavy (non-hydrogen) atoms. The second-order valence-corrected chi connectivity index (χ2v) is 8.69. The van der Waals surface area contributed by atoms with Crippen molar-refractivity contribution in [1.82, 2.24) is 19.0 Å². The number of hydrogen-bond donors (Lipinski definition) is 2. The van der Waals surface area contributed by atoms with E-state index in [4.69, 9.17) is 14.9 Å². The van der Waals surface area contributed by atoms with E-state index < -0.39 is 0 Å². The van der Waals surface area contributed by atoms with Crippen LogP contribution >= 0.6 is 18.8 Å². The van der Waals surface area contributed by atoms with Gasteiger partial charge >= 0.3 is 0 Å². The van der Waals surface area contributed by atoms with Crippen molar-refractivity contribution in [3.05, 3.63) is 24.3 Å². The summed E-state index contributed by atoms with van der Waals surface area (Å²) >= 11 is 0. The molecule has 2 N–H and O–H groups in total. The van der Waals surface area contributed by atoms with Gasteiger partial charge in [-0.2, -0.15) is 0 Å². The van der Waals surface area contributed by atoms with Crippen molar-refractivity contribution in [3.8, 4) is 0 Å². The van der Waals surface area contributed by atoms with Crippen molar-refractivity contribution < 1.29 is 14.9 Å². The minimum Gasteiger partial charge on any atom is -0.396 e. The van der Waals surface area contributed by atoms with E-state index >= 15 is 0 Å². The van der Waals surface area contributed by atoms with Gasteiger partial charge in [-0.15, -0.1) is 0 Å². The summed E-state index contributed by atoms with van der Waals surface area (Å²) in [6.45, 7) is 1.51. The highest BCUT2D eigenvalue weighted by Gasteiger charge is 2.33. The van der Waals surface area contributed by atoms with Crippen molar-refractivity contribution in [2.45, 2.75) is 63.1 Å². The largest absolute Gasteiger partial charge is 0.396 e. The lowest BCUT2D eigenvalue weighted by Crippen LogP contribution is -2.27. The summed E-state index contributed by atoms with van der Waals surface area (Å²) in [4.78, 5) is 8.55. The van der Waals surface area contributed by atoms with Gasteiger partial charge in [-0.1, -0.05) is 22.2 Å². The topological polar surface area (TPSA) is 83.6 Å². The van der Waals surface area contributed by atoms with E-state index in [-0.39, 0.29) is 12.7 Å². The third kappa shape index (κ3) is 5.47. The van der Waals surface area contributed by atoms with E-state index in [0.717, 1.165) is 36.7 Å². The molecule has 1 aliphatic heterocycles. The summed E-state index contributed by atoms with van der Waals surface area (Å²) in [7, 11) is 5.55. The second kappa shape index (κ2) is 10.9. The number of aliphatic hydroxyl groups excluding tert-OH is 2. The van der Waals surface area contributed by atoms with Crippen LogP contribution in [0.5, 0.6) is 0 Å². The molecule has 1 aliphatic carbocycles. The zero-order chi connectivity index (χ0) is 19.9. The standard InChI is InChI=1S/C14H22N4O2P2.C5H10O/c19-4-1-5-20-8-10-2-3-12(18(10)22)11-7-17(21)13-6-15-9-16-14(11)13;6-5-3-1-2-4-5/h6-7,9-10,12,19H,1-5,8,21-22H2;5-6H,1-4H2. The molecule has 7 nitrogen and oxygen atoms in total. The Morgan fingerprint density at radius 1 is 1.18 bits per heavy atom. The lowest BCUT2D eigenvalue weighted by Gasteiger charge is -2.25. The van der Waals surface area contributed by atoms with Gasteiger partial charge in [0.2, 0.25) is 0 Å². The van der Waals surface area contributed by atoms with E-state index in [1.165, 1.54) is 18.4 Å². The third-order valence-electron chi connectivity index (χ3n) is 5.52. The maximum Gasteiger partial charge on any atom is 0.116 e. The smallest absolute Gasteiger partial charge is 0.116 e. The SMILES string of the molecule is OC1CCCC1.OCCCOCC1CCC(c2cn(P)c3cncnc23)N1P. The van der Waals surface area contributed by atoms with E-state index in [2.05, 4.69) is 39.6 Å². The van der Waals surface area contributed by atoms with Gasteiger partial charge in [0.25, 0.3) is 0 Å². The molecule has 2 aliphatic rings. The van der Waals surface area contributed by atoms with Crippen LogP contribution in [0.25, 0.3) is 11.0 Å². The van der Waals surface area contributed by atoms with Crippen molar-refractivity contribution in [3.63, 3.8) is 0 Å². The van der Waals surface area contributed by atoms with Crippen LogP contribution in [0.4, 0.5) is 0 Å². The molecule has 0 spiro atoms. The number of nitrogens with zero attached hydrogens (tertiary/aromatic N) is 4. The van der Waals surface area contributed by atoms with E-state index in [9.17, 15) is 0 Å². The minimum absolute atomic E-state index is 0.0463. The molecule has 2 aromatic heterocycles. The molecule has 4 unspecified atom stereocenters. The van der Waals surface area contributed by atoms with Gasteiger partial charge in [0.1, 0.15) is 6.33 Å². The number of hydrogen-bond acceptors (Lipinski definition) is 6. The van der Waals surface area contributed by atoms with Gasteiger partial charge in [-0.25, -0.2) is 9.97 Å². The van der Waals surface area contributed by atoms with Crippen molar-refractivity contribution in [1.29, 1.82) is 0 Å². The normalized spacial score (nSPS) is 23.3. The molecule has 0 amide bonds. The number of fused-ring (bicyclic) bond motifs is 1. The Balaban J connectivity index is 0.000000320. The molecule has 4 rings (SSSR count).